The first kappa shape index (κ1) is 16.8. The molecule has 2 N–H and O–H groups in total. The molecular formula is C15H16N2O6. The fraction of sp³-hybridized carbons (Fsp3) is 0.333. The zero-order valence-electron chi connectivity index (χ0n) is 12.4. The molecule has 2 aromatic rings. The van der Waals surface area contributed by atoms with E-state index in [1.807, 2.05) is 0 Å². The number of hydrogen-bond donors (Lipinski definition) is 2. The fourth-order valence-corrected chi connectivity index (χ4v) is 2.29. The number of aliphatic hydroxyl groups is 2. The molecule has 0 bridgehead atoms. The molecule has 1 aromatic carbocycles. The summed E-state index contributed by atoms with van der Waals surface area (Å²) in [5.74, 6) is -0.641. The van der Waals surface area contributed by atoms with Gasteiger partial charge in [-0.2, -0.15) is 0 Å². The van der Waals surface area contributed by atoms with Gasteiger partial charge >= 0.3 is 5.97 Å². The molecule has 2 atom stereocenters. The predicted molar refractivity (Wildman–Crippen MR) is 80.6 cm³/mol. The Labute approximate surface area is 131 Å². The Balaban J connectivity index is 2.38. The number of carbonyl (C=O) groups is 1. The number of aromatic nitrogens is 1. The van der Waals surface area contributed by atoms with Crippen LogP contribution >= 0.6 is 0 Å². The van der Waals surface area contributed by atoms with Crippen LogP contribution in [0.25, 0.3) is 10.9 Å². The molecule has 0 fully saturated rings. The summed E-state index contributed by atoms with van der Waals surface area (Å²) in [5.41, 5.74) is 0.268. The molecule has 0 aliphatic carbocycles. The molecule has 1 heterocycles. The van der Waals surface area contributed by atoms with E-state index in [1.54, 1.807) is 13.0 Å². The predicted octanol–water partition coefficient (Wildman–Crippen LogP) is 1.49. The first-order valence-electron chi connectivity index (χ1n) is 6.99. The van der Waals surface area contributed by atoms with Crippen molar-refractivity contribution in [1.82, 2.24) is 4.98 Å². The number of non-ortho nitro benzene ring substituents is 1. The number of ether oxygens (including phenoxy) is 1. The molecule has 0 radical (unpaired) electrons. The highest BCUT2D eigenvalue weighted by molar-refractivity contribution is 5.90. The highest BCUT2D eigenvalue weighted by Gasteiger charge is 2.26. The lowest BCUT2D eigenvalue weighted by molar-refractivity contribution is -0.383. The van der Waals surface area contributed by atoms with Crippen LogP contribution in [-0.4, -0.2) is 38.8 Å². The Bertz CT molecular complexity index is 733. The van der Waals surface area contributed by atoms with Gasteiger partial charge in [0.05, 0.1) is 35.0 Å². The number of rotatable bonds is 6. The molecule has 0 aliphatic heterocycles. The number of nitro groups is 1. The highest BCUT2D eigenvalue weighted by atomic mass is 16.6. The van der Waals surface area contributed by atoms with E-state index >= 15 is 0 Å². The molecule has 8 heteroatoms. The molecule has 2 unspecified atom stereocenters. The van der Waals surface area contributed by atoms with Gasteiger partial charge in [-0.1, -0.05) is 0 Å². The van der Waals surface area contributed by atoms with Gasteiger partial charge in [0.2, 0.25) is 0 Å². The monoisotopic (exact) mass is 320 g/mol. The molecular weight excluding hydrogens is 304 g/mol. The van der Waals surface area contributed by atoms with Crippen molar-refractivity contribution in [3.8, 4) is 0 Å². The molecule has 0 amide bonds. The fourth-order valence-electron chi connectivity index (χ4n) is 2.29. The Morgan fingerprint density at radius 2 is 2.13 bits per heavy atom. The molecule has 8 nitrogen and oxygen atoms in total. The van der Waals surface area contributed by atoms with Crippen LogP contribution in [0.2, 0.25) is 0 Å². The van der Waals surface area contributed by atoms with E-state index in [1.165, 1.54) is 24.4 Å². The minimum Gasteiger partial charge on any atom is -0.466 e. The van der Waals surface area contributed by atoms with Crippen molar-refractivity contribution in [2.45, 2.75) is 25.6 Å². The summed E-state index contributed by atoms with van der Waals surface area (Å²) in [7, 11) is 0. The van der Waals surface area contributed by atoms with Gasteiger partial charge in [0.1, 0.15) is 6.10 Å². The van der Waals surface area contributed by atoms with Crippen LogP contribution < -0.4 is 0 Å². The molecule has 2 rings (SSSR count). The van der Waals surface area contributed by atoms with Gasteiger partial charge in [0, 0.05) is 17.8 Å². The summed E-state index contributed by atoms with van der Waals surface area (Å²) in [6.45, 7) is 1.80. The first-order valence-corrected chi connectivity index (χ1v) is 6.99. The second-order valence-electron chi connectivity index (χ2n) is 4.85. The van der Waals surface area contributed by atoms with Crippen LogP contribution in [0.5, 0.6) is 0 Å². The van der Waals surface area contributed by atoms with E-state index in [-0.39, 0.29) is 35.2 Å². The van der Waals surface area contributed by atoms with Gasteiger partial charge < -0.3 is 14.9 Å². The molecule has 23 heavy (non-hydrogen) atoms. The average molecular weight is 320 g/mol. The Morgan fingerprint density at radius 1 is 1.39 bits per heavy atom. The van der Waals surface area contributed by atoms with Crippen LogP contribution in [0, 0.1) is 10.1 Å². The number of carbonyl (C=O) groups excluding carboxylic acids is 1. The zero-order valence-corrected chi connectivity index (χ0v) is 12.4. The number of fused-ring (bicyclic) bond motifs is 1. The van der Waals surface area contributed by atoms with Crippen molar-refractivity contribution in [3.63, 3.8) is 0 Å². The maximum Gasteiger partial charge on any atom is 0.308 e. The third-order valence-corrected chi connectivity index (χ3v) is 3.34. The van der Waals surface area contributed by atoms with Crippen LogP contribution in [0.4, 0.5) is 5.69 Å². The lowest BCUT2D eigenvalue weighted by Gasteiger charge is -2.18. The number of esters is 1. The van der Waals surface area contributed by atoms with E-state index in [9.17, 15) is 25.1 Å². The largest absolute Gasteiger partial charge is 0.466 e. The summed E-state index contributed by atoms with van der Waals surface area (Å²) in [5, 5.41) is 31.6. The van der Waals surface area contributed by atoms with Gasteiger partial charge in [0.15, 0.2) is 0 Å². The average Bonchev–Trinajstić information content (AvgIpc) is 2.53. The maximum absolute atomic E-state index is 11.4. The molecule has 122 valence electrons. The van der Waals surface area contributed by atoms with Crippen LogP contribution in [0.1, 0.15) is 25.0 Å². The number of pyridine rings is 1. The topological polar surface area (TPSA) is 123 Å². The molecule has 0 saturated carbocycles. The summed E-state index contributed by atoms with van der Waals surface area (Å²) in [6.07, 6.45) is -1.78. The van der Waals surface area contributed by atoms with Crippen LogP contribution in [0.3, 0.4) is 0 Å². The first-order chi connectivity index (χ1) is 11.0. The second-order valence-corrected chi connectivity index (χ2v) is 4.85. The normalized spacial score (nSPS) is 13.5. The van der Waals surface area contributed by atoms with E-state index in [2.05, 4.69) is 4.98 Å². The van der Waals surface area contributed by atoms with Crippen molar-refractivity contribution in [2.75, 3.05) is 6.61 Å². The number of aliphatic hydroxyl groups excluding tert-OH is 2. The van der Waals surface area contributed by atoms with Crippen molar-refractivity contribution in [3.05, 3.63) is 46.1 Å². The number of nitrogens with zero attached hydrogens (tertiary/aromatic N) is 2. The van der Waals surface area contributed by atoms with Gasteiger partial charge in [-0.25, -0.2) is 0 Å². The lowest BCUT2D eigenvalue weighted by atomic mass is 9.98. The quantitative estimate of drug-likeness (QED) is 0.469. The Hall–Kier alpha value is -2.58. The minimum absolute atomic E-state index is 0.149. The molecule has 0 saturated heterocycles. The third-order valence-electron chi connectivity index (χ3n) is 3.34. The van der Waals surface area contributed by atoms with E-state index in [0.717, 1.165) is 0 Å². The van der Waals surface area contributed by atoms with E-state index in [4.69, 9.17) is 4.74 Å². The van der Waals surface area contributed by atoms with Gasteiger partial charge in [0.25, 0.3) is 5.69 Å². The standard InChI is InChI=1S/C15H16N2O6/c1-2-23-13(19)8-12(18)15(20)10-5-6-11(17(21)22)9-4-3-7-16-14(9)10/h3-7,12,15,18,20H,2,8H2,1H3. The van der Waals surface area contributed by atoms with Crippen LogP contribution in [0.15, 0.2) is 30.5 Å². The maximum atomic E-state index is 11.4. The van der Waals surface area contributed by atoms with Gasteiger partial charge in [-0.3, -0.25) is 19.9 Å². The number of nitro benzene ring substituents is 1. The van der Waals surface area contributed by atoms with Crippen molar-refractivity contribution >= 4 is 22.6 Å². The van der Waals surface area contributed by atoms with Gasteiger partial charge in [-0.15, -0.1) is 0 Å². The number of hydrogen-bond acceptors (Lipinski definition) is 7. The van der Waals surface area contributed by atoms with E-state index in [0.29, 0.717) is 0 Å². The van der Waals surface area contributed by atoms with Crippen molar-refractivity contribution < 1.29 is 24.7 Å². The minimum atomic E-state index is -1.42. The summed E-state index contributed by atoms with van der Waals surface area (Å²) in [6, 6.07) is 5.61. The second kappa shape index (κ2) is 7.12. The molecule has 0 spiro atoms. The molecule has 1 aromatic heterocycles. The summed E-state index contributed by atoms with van der Waals surface area (Å²) < 4.78 is 4.72. The van der Waals surface area contributed by atoms with E-state index < -0.39 is 23.1 Å². The Morgan fingerprint density at radius 3 is 2.78 bits per heavy atom. The third kappa shape index (κ3) is 3.61. The summed E-state index contributed by atoms with van der Waals surface area (Å²) in [4.78, 5) is 26.0. The Kier molecular flexibility index (Phi) is 5.20. The zero-order chi connectivity index (χ0) is 17.0. The van der Waals surface area contributed by atoms with Crippen molar-refractivity contribution in [2.24, 2.45) is 0 Å². The SMILES string of the molecule is CCOC(=O)CC(O)C(O)c1ccc([N+](=O)[O-])c2cccnc12. The van der Waals surface area contributed by atoms with Crippen molar-refractivity contribution in [1.29, 1.82) is 0 Å². The van der Waals surface area contributed by atoms with Crippen LogP contribution in [-0.2, 0) is 9.53 Å². The number of benzene rings is 1. The molecule has 0 aliphatic rings. The smallest absolute Gasteiger partial charge is 0.308 e. The van der Waals surface area contributed by atoms with Gasteiger partial charge in [-0.05, 0) is 25.1 Å². The summed E-state index contributed by atoms with van der Waals surface area (Å²) >= 11 is 0. The lowest BCUT2D eigenvalue weighted by Crippen LogP contribution is -2.23. The highest BCUT2D eigenvalue weighted by Crippen LogP contribution is 2.31.